The number of hydrogen-bond acceptors (Lipinski definition) is 6. The zero-order chi connectivity index (χ0) is 21.8. The zero-order valence-electron chi connectivity index (χ0n) is 19.3. The van der Waals surface area contributed by atoms with Crippen molar-refractivity contribution in [2.75, 3.05) is 62.4 Å². The first kappa shape index (κ1) is 24.1. The molecule has 4 heterocycles. The minimum absolute atomic E-state index is 0.552. The fraction of sp³-hybridized carbons (Fsp3) is 0.583. The van der Waals surface area contributed by atoms with Crippen LogP contribution in [0.5, 0.6) is 0 Å². The highest BCUT2D eigenvalue weighted by atomic mass is 16.5. The summed E-state index contributed by atoms with van der Waals surface area (Å²) in [7, 11) is 0. The fourth-order valence-electron chi connectivity index (χ4n) is 3.25. The van der Waals surface area contributed by atoms with Crippen molar-refractivity contribution in [1.82, 2.24) is 9.97 Å². The van der Waals surface area contributed by atoms with Gasteiger partial charge in [0.15, 0.2) is 0 Å². The number of aryl methyl sites for hydroxylation is 1. The van der Waals surface area contributed by atoms with Crippen molar-refractivity contribution in [3.05, 3.63) is 47.9 Å². The van der Waals surface area contributed by atoms with Crippen LogP contribution in [0.3, 0.4) is 0 Å². The van der Waals surface area contributed by atoms with Crippen molar-refractivity contribution >= 4 is 11.5 Å². The normalized spacial score (nSPS) is 16.3. The van der Waals surface area contributed by atoms with Gasteiger partial charge in [0.2, 0.25) is 0 Å². The molecule has 0 aliphatic carbocycles. The van der Waals surface area contributed by atoms with E-state index < -0.39 is 0 Å². The van der Waals surface area contributed by atoms with E-state index in [1.165, 1.54) is 16.8 Å². The molecule has 4 rings (SSSR count). The third kappa shape index (κ3) is 7.58. The standard InChI is InChI=1S/C12H18N2O.C10H14N2O.C2H6/c1-10(2)11-3-4-12(13-9-11)14-5-7-15-8-6-14;1-9-6-10(8-11-7-9)12-2-4-13-5-3-12;1-2/h3-4,9-10H,5-8H2,1-2H3;6-8H,2-5H2,1H3;1-2H3. The summed E-state index contributed by atoms with van der Waals surface area (Å²) in [5, 5.41) is 0. The number of aromatic nitrogens is 2. The summed E-state index contributed by atoms with van der Waals surface area (Å²) in [4.78, 5) is 13.3. The van der Waals surface area contributed by atoms with Crippen molar-refractivity contribution in [2.24, 2.45) is 0 Å². The van der Waals surface area contributed by atoms with E-state index in [1.54, 1.807) is 0 Å². The van der Waals surface area contributed by atoms with Crippen LogP contribution in [-0.2, 0) is 9.47 Å². The van der Waals surface area contributed by atoms with Gasteiger partial charge in [-0.2, -0.15) is 0 Å². The Hall–Kier alpha value is -2.18. The third-order valence-electron chi connectivity index (χ3n) is 5.01. The molecule has 0 bridgehead atoms. The Morgan fingerprint density at radius 2 is 1.43 bits per heavy atom. The molecule has 30 heavy (non-hydrogen) atoms. The second kappa shape index (κ2) is 13.2. The zero-order valence-corrected chi connectivity index (χ0v) is 19.3. The van der Waals surface area contributed by atoms with Gasteiger partial charge in [0.1, 0.15) is 5.82 Å². The topological polar surface area (TPSA) is 50.7 Å². The van der Waals surface area contributed by atoms with Crippen LogP contribution in [0.2, 0.25) is 0 Å². The van der Waals surface area contributed by atoms with Gasteiger partial charge in [-0.15, -0.1) is 0 Å². The summed E-state index contributed by atoms with van der Waals surface area (Å²) in [5.41, 5.74) is 3.72. The lowest BCUT2D eigenvalue weighted by Gasteiger charge is -2.28. The van der Waals surface area contributed by atoms with Crippen LogP contribution in [0.1, 0.15) is 44.7 Å². The molecule has 166 valence electrons. The molecule has 0 radical (unpaired) electrons. The summed E-state index contributed by atoms with van der Waals surface area (Å²) >= 11 is 0. The van der Waals surface area contributed by atoms with Crippen molar-refractivity contribution in [2.45, 2.75) is 40.5 Å². The van der Waals surface area contributed by atoms with Crippen molar-refractivity contribution in [3.63, 3.8) is 0 Å². The summed E-state index contributed by atoms with van der Waals surface area (Å²) < 4.78 is 10.6. The lowest BCUT2D eigenvalue weighted by molar-refractivity contribution is 0.122. The largest absolute Gasteiger partial charge is 0.378 e. The summed E-state index contributed by atoms with van der Waals surface area (Å²) in [6.07, 6.45) is 5.78. The molecule has 2 aromatic rings. The highest BCUT2D eigenvalue weighted by Crippen LogP contribution is 2.18. The van der Waals surface area contributed by atoms with Crippen LogP contribution in [0, 0.1) is 6.92 Å². The molecule has 2 saturated heterocycles. The Labute approximate surface area is 182 Å². The summed E-state index contributed by atoms with van der Waals surface area (Å²) in [6.45, 7) is 17.6. The number of anilines is 2. The van der Waals surface area contributed by atoms with Gasteiger partial charge < -0.3 is 19.3 Å². The van der Waals surface area contributed by atoms with Crippen molar-refractivity contribution < 1.29 is 9.47 Å². The SMILES string of the molecule is CC.CC(C)c1ccc(N2CCOCC2)nc1.Cc1cncc(N2CCOCC2)c1. The van der Waals surface area contributed by atoms with E-state index in [0.717, 1.165) is 58.4 Å². The second-order valence-electron chi connectivity index (χ2n) is 7.52. The first-order valence-electron chi connectivity index (χ1n) is 11.2. The van der Waals surface area contributed by atoms with Gasteiger partial charge in [0.25, 0.3) is 0 Å². The number of morpholine rings is 2. The van der Waals surface area contributed by atoms with E-state index in [9.17, 15) is 0 Å². The number of hydrogen-bond donors (Lipinski definition) is 0. The maximum atomic E-state index is 5.31. The third-order valence-corrected chi connectivity index (χ3v) is 5.01. The molecule has 6 heteroatoms. The Bertz CT molecular complexity index is 709. The minimum atomic E-state index is 0.552. The maximum Gasteiger partial charge on any atom is 0.128 e. The van der Waals surface area contributed by atoms with Gasteiger partial charge in [-0.1, -0.05) is 33.8 Å². The Morgan fingerprint density at radius 1 is 0.833 bits per heavy atom. The molecule has 0 unspecified atom stereocenters. The molecular formula is C24H38N4O2. The number of pyridine rings is 2. The predicted octanol–water partition coefficient (Wildman–Crippen LogP) is 4.29. The van der Waals surface area contributed by atoms with Gasteiger partial charge in [-0.25, -0.2) is 4.98 Å². The Kier molecular flexibility index (Phi) is 10.6. The molecule has 0 spiro atoms. The lowest BCUT2D eigenvalue weighted by atomic mass is 10.1. The molecule has 0 amide bonds. The minimum Gasteiger partial charge on any atom is -0.378 e. The first-order valence-corrected chi connectivity index (χ1v) is 11.2. The summed E-state index contributed by atoms with van der Waals surface area (Å²) in [5.74, 6) is 1.62. The van der Waals surface area contributed by atoms with Crippen LogP contribution in [0.25, 0.3) is 0 Å². The molecule has 0 aromatic carbocycles. The van der Waals surface area contributed by atoms with E-state index in [0.29, 0.717) is 5.92 Å². The highest BCUT2D eigenvalue weighted by Gasteiger charge is 2.12. The lowest BCUT2D eigenvalue weighted by Crippen LogP contribution is -2.36. The number of rotatable bonds is 3. The molecule has 0 saturated carbocycles. The number of ether oxygens (including phenoxy) is 2. The van der Waals surface area contributed by atoms with E-state index in [4.69, 9.17) is 9.47 Å². The summed E-state index contributed by atoms with van der Waals surface area (Å²) in [6, 6.07) is 6.45. The molecule has 0 N–H and O–H groups in total. The molecule has 2 aliphatic rings. The molecule has 2 aliphatic heterocycles. The first-order chi connectivity index (χ1) is 14.6. The average Bonchev–Trinajstić information content (AvgIpc) is 2.82. The highest BCUT2D eigenvalue weighted by molar-refractivity contribution is 5.46. The van der Waals surface area contributed by atoms with E-state index >= 15 is 0 Å². The van der Waals surface area contributed by atoms with Crippen LogP contribution in [-0.4, -0.2) is 62.6 Å². The Balaban J connectivity index is 0.000000199. The maximum absolute atomic E-state index is 5.31. The van der Waals surface area contributed by atoms with Crippen LogP contribution < -0.4 is 9.80 Å². The molecule has 0 atom stereocenters. The molecular weight excluding hydrogens is 376 g/mol. The molecule has 2 fully saturated rings. The van der Waals surface area contributed by atoms with E-state index in [-0.39, 0.29) is 0 Å². The van der Waals surface area contributed by atoms with Gasteiger partial charge in [-0.3, -0.25) is 4.98 Å². The monoisotopic (exact) mass is 414 g/mol. The van der Waals surface area contributed by atoms with Gasteiger partial charge >= 0.3 is 0 Å². The molecule has 6 nitrogen and oxygen atoms in total. The van der Waals surface area contributed by atoms with Gasteiger partial charge in [-0.05, 0) is 36.1 Å². The number of nitrogens with zero attached hydrogens (tertiary/aromatic N) is 4. The van der Waals surface area contributed by atoms with Crippen LogP contribution >= 0.6 is 0 Å². The predicted molar refractivity (Wildman–Crippen MR) is 125 cm³/mol. The molecule has 2 aromatic heterocycles. The van der Waals surface area contributed by atoms with Crippen molar-refractivity contribution in [1.29, 1.82) is 0 Å². The van der Waals surface area contributed by atoms with Crippen molar-refractivity contribution in [3.8, 4) is 0 Å². The van der Waals surface area contributed by atoms with Gasteiger partial charge in [0, 0.05) is 38.6 Å². The van der Waals surface area contributed by atoms with Crippen LogP contribution in [0.4, 0.5) is 11.5 Å². The Morgan fingerprint density at radius 3 is 1.93 bits per heavy atom. The van der Waals surface area contributed by atoms with E-state index in [2.05, 4.69) is 58.7 Å². The smallest absolute Gasteiger partial charge is 0.128 e. The fourth-order valence-corrected chi connectivity index (χ4v) is 3.25. The quantitative estimate of drug-likeness (QED) is 0.747. The van der Waals surface area contributed by atoms with E-state index in [1.807, 2.05) is 32.4 Å². The van der Waals surface area contributed by atoms with Crippen LogP contribution in [0.15, 0.2) is 36.8 Å². The second-order valence-corrected chi connectivity index (χ2v) is 7.52. The average molecular weight is 415 g/mol. The van der Waals surface area contributed by atoms with Gasteiger partial charge in [0.05, 0.1) is 38.3 Å².